The average molecular weight is 291 g/mol. The molecule has 0 aliphatic rings. The van der Waals surface area contributed by atoms with E-state index in [0.717, 1.165) is 0 Å². The number of hydrogen-bond acceptors (Lipinski definition) is 4. The van der Waals surface area contributed by atoms with Crippen LogP contribution in [0.3, 0.4) is 0 Å². The largest absolute Gasteiger partial charge is 0.451 e. The van der Waals surface area contributed by atoms with E-state index in [9.17, 15) is 13.2 Å². The van der Waals surface area contributed by atoms with Crippen LogP contribution in [0.25, 0.3) is 22.9 Å². The van der Waals surface area contributed by atoms with Crippen molar-refractivity contribution in [3.05, 3.63) is 48.4 Å². The number of pyridine rings is 2. The molecule has 0 aromatic carbocycles. The lowest BCUT2D eigenvalue weighted by Gasteiger charge is -2.02. The van der Waals surface area contributed by atoms with Gasteiger partial charge in [0.2, 0.25) is 5.82 Å². The lowest BCUT2D eigenvalue weighted by Crippen LogP contribution is -2.07. The third-order valence-corrected chi connectivity index (χ3v) is 2.67. The summed E-state index contributed by atoms with van der Waals surface area (Å²) in [5.41, 5.74) is 1.43. The highest BCUT2D eigenvalue weighted by Crippen LogP contribution is 2.27. The first kappa shape index (κ1) is 13.2. The Morgan fingerprint density at radius 3 is 2.29 bits per heavy atom. The third kappa shape index (κ3) is 2.73. The zero-order chi connectivity index (χ0) is 14.9. The van der Waals surface area contributed by atoms with Crippen molar-refractivity contribution in [2.45, 2.75) is 6.18 Å². The quantitative estimate of drug-likeness (QED) is 0.788. The maximum Gasteiger partial charge on any atom is 0.451 e. The van der Waals surface area contributed by atoms with Crippen molar-refractivity contribution in [2.75, 3.05) is 0 Å². The highest BCUT2D eigenvalue weighted by atomic mass is 19.4. The Hall–Kier alpha value is -2.77. The molecule has 0 fully saturated rings. The van der Waals surface area contributed by atoms with E-state index < -0.39 is 12.0 Å². The van der Waals surface area contributed by atoms with Gasteiger partial charge in [0.25, 0.3) is 0 Å². The summed E-state index contributed by atoms with van der Waals surface area (Å²) >= 11 is 0. The summed E-state index contributed by atoms with van der Waals surface area (Å²) in [5.74, 6) is -1.19. The second kappa shape index (κ2) is 4.97. The van der Waals surface area contributed by atoms with E-state index in [-0.39, 0.29) is 11.5 Å². The number of H-pyrrole nitrogens is 1. The minimum atomic E-state index is -4.57. The molecule has 0 saturated heterocycles. The second-order valence-electron chi connectivity index (χ2n) is 4.14. The van der Waals surface area contributed by atoms with Crippen LogP contribution in [0.2, 0.25) is 0 Å². The topological polar surface area (TPSA) is 67.3 Å². The van der Waals surface area contributed by atoms with Gasteiger partial charge in [0.15, 0.2) is 5.82 Å². The van der Waals surface area contributed by atoms with Gasteiger partial charge in [0, 0.05) is 6.20 Å². The number of nitrogens with one attached hydrogen (secondary N) is 1. The van der Waals surface area contributed by atoms with Gasteiger partial charge >= 0.3 is 6.18 Å². The smallest absolute Gasteiger partial charge is 0.316 e. The van der Waals surface area contributed by atoms with Crippen LogP contribution in [-0.4, -0.2) is 25.1 Å². The normalized spacial score (nSPS) is 11.6. The summed E-state index contributed by atoms with van der Waals surface area (Å²) in [7, 11) is 0. The molecule has 3 aromatic rings. The monoisotopic (exact) mass is 291 g/mol. The summed E-state index contributed by atoms with van der Waals surface area (Å²) < 4.78 is 37.5. The van der Waals surface area contributed by atoms with Gasteiger partial charge in [-0.15, -0.1) is 10.2 Å². The standard InChI is InChI=1S/C13H8F3N5/c14-13(15,16)12-19-11(20-21-12)10-6-3-5-9(18-10)8-4-1-2-7-17-8/h1-7H,(H,19,20,21). The molecule has 0 unspecified atom stereocenters. The zero-order valence-electron chi connectivity index (χ0n) is 10.5. The molecule has 0 aliphatic heterocycles. The molecular formula is C13H8F3N5. The molecule has 0 aliphatic carbocycles. The first-order valence-corrected chi connectivity index (χ1v) is 5.93. The predicted octanol–water partition coefficient (Wildman–Crippen LogP) is 2.95. The summed E-state index contributed by atoms with van der Waals surface area (Å²) in [6, 6.07) is 10.3. The molecule has 5 nitrogen and oxygen atoms in total. The summed E-state index contributed by atoms with van der Waals surface area (Å²) in [6.45, 7) is 0. The van der Waals surface area contributed by atoms with E-state index in [1.165, 1.54) is 0 Å². The molecule has 0 saturated carbocycles. The number of alkyl halides is 3. The van der Waals surface area contributed by atoms with E-state index in [1.54, 1.807) is 42.6 Å². The number of aromatic amines is 1. The molecule has 8 heteroatoms. The second-order valence-corrected chi connectivity index (χ2v) is 4.14. The summed E-state index contributed by atoms with van der Waals surface area (Å²) in [6.07, 6.45) is -2.95. The Balaban J connectivity index is 1.99. The Kier molecular flexibility index (Phi) is 3.13. The van der Waals surface area contributed by atoms with E-state index in [0.29, 0.717) is 11.4 Å². The van der Waals surface area contributed by atoms with Gasteiger partial charge in [-0.1, -0.05) is 12.1 Å². The van der Waals surface area contributed by atoms with E-state index >= 15 is 0 Å². The molecule has 0 atom stereocenters. The Morgan fingerprint density at radius 1 is 0.857 bits per heavy atom. The van der Waals surface area contributed by atoms with Crippen LogP contribution in [0.1, 0.15) is 5.82 Å². The summed E-state index contributed by atoms with van der Waals surface area (Å²) in [5, 5.41) is 6.56. The van der Waals surface area contributed by atoms with E-state index in [1.807, 2.05) is 0 Å². The van der Waals surface area contributed by atoms with Crippen LogP contribution < -0.4 is 0 Å². The maximum atomic E-state index is 12.5. The Morgan fingerprint density at radius 2 is 1.62 bits per heavy atom. The van der Waals surface area contributed by atoms with Crippen molar-refractivity contribution in [3.8, 4) is 22.9 Å². The minimum absolute atomic E-state index is 0.0416. The van der Waals surface area contributed by atoms with Gasteiger partial charge < -0.3 is 4.98 Å². The molecule has 106 valence electrons. The van der Waals surface area contributed by atoms with Crippen molar-refractivity contribution in [3.63, 3.8) is 0 Å². The van der Waals surface area contributed by atoms with E-state index in [4.69, 9.17) is 0 Å². The first-order chi connectivity index (χ1) is 10.0. The van der Waals surface area contributed by atoms with Gasteiger partial charge in [-0.05, 0) is 24.3 Å². The van der Waals surface area contributed by atoms with Gasteiger partial charge in [0.05, 0.1) is 11.4 Å². The molecule has 3 heterocycles. The lowest BCUT2D eigenvalue weighted by atomic mass is 10.2. The highest BCUT2D eigenvalue weighted by Gasteiger charge is 2.35. The SMILES string of the molecule is FC(F)(F)c1nnc(-c2cccc(-c3ccccn3)n2)[nH]1. The zero-order valence-corrected chi connectivity index (χ0v) is 10.5. The van der Waals surface area contributed by atoms with Gasteiger partial charge in [-0.3, -0.25) is 4.98 Å². The number of halogens is 3. The van der Waals surface area contributed by atoms with Crippen molar-refractivity contribution in [1.82, 2.24) is 25.1 Å². The van der Waals surface area contributed by atoms with Crippen LogP contribution in [0.4, 0.5) is 13.2 Å². The maximum absolute atomic E-state index is 12.5. The fraction of sp³-hybridized carbons (Fsp3) is 0.0769. The van der Waals surface area contributed by atoms with Crippen LogP contribution in [0.15, 0.2) is 42.6 Å². The Labute approximate surface area is 116 Å². The highest BCUT2D eigenvalue weighted by molar-refractivity contribution is 5.59. The molecule has 0 radical (unpaired) electrons. The number of nitrogens with zero attached hydrogens (tertiary/aromatic N) is 4. The van der Waals surface area contributed by atoms with E-state index in [2.05, 4.69) is 25.1 Å². The van der Waals surface area contributed by atoms with Crippen molar-refractivity contribution < 1.29 is 13.2 Å². The summed E-state index contributed by atoms with van der Waals surface area (Å²) in [4.78, 5) is 10.5. The Bertz CT molecular complexity index is 752. The molecule has 0 spiro atoms. The van der Waals surface area contributed by atoms with Crippen molar-refractivity contribution >= 4 is 0 Å². The lowest BCUT2D eigenvalue weighted by molar-refractivity contribution is -0.144. The predicted molar refractivity (Wildman–Crippen MR) is 67.8 cm³/mol. The average Bonchev–Trinajstić information content (AvgIpc) is 2.98. The third-order valence-electron chi connectivity index (χ3n) is 2.67. The fourth-order valence-corrected chi connectivity index (χ4v) is 1.73. The fourth-order valence-electron chi connectivity index (χ4n) is 1.73. The first-order valence-electron chi connectivity index (χ1n) is 5.93. The van der Waals surface area contributed by atoms with Gasteiger partial charge in [-0.25, -0.2) is 4.98 Å². The molecule has 3 aromatic heterocycles. The van der Waals surface area contributed by atoms with Gasteiger partial charge in [0.1, 0.15) is 5.69 Å². The van der Waals surface area contributed by atoms with Gasteiger partial charge in [-0.2, -0.15) is 13.2 Å². The van der Waals surface area contributed by atoms with Crippen LogP contribution in [0, 0.1) is 0 Å². The minimum Gasteiger partial charge on any atom is -0.316 e. The van der Waals surface area contributed by atoms with Crippen molar-refractivity contribution in [1.29, 1.82) is 0 Å². The number of hydrogen-bond donors (Lipinski definition) is 1. The van der Waals surface area contributed by atoms with Crippen molar-refractivity contribution in [2.24, 2.45) is 0 Å². The molecule has 0 bridgehead atoms. The van der Waals surface area contributed by atoms with Crippen LogP contribution in [-0.2, 0) is 6.18 Å². The number of rotatable bonds is 2. The molecule has 21 heavy (non-hydrogen) atoms. The molecule has 1 N–H and O–H groups in total. The van der Waals surface area contributed by atoms with Crippen LogP contribution >= 0.6 is 0 Å². The molecule has 0 amide bonds. The molecular weight excluding hydrogens is 283 g/mol. The molecule has 3 rings (SSSR count). The number of aromatic nitrogens is 5. The van der Waals surface area contributed by atoms with Crippen LogP contribution in [0.5, 0.6) is 0 Å².